The number of para-hydroxylation sites is 2. The minimum absolute atomic E-state index is 0.0778. The van der Waals surface area contributed by atoms with Gasteiger partial charge < -0.3 is 14.5 Å². The molecule has 9 heteroatoms. The number of aryl methyl sites for hydroxylation is 1. The van der Waals surface area contributed by atoms with E-state index in [2.05, 4.69) is 38.4 Å². The third kappa shape index (κ3) is 5.63. The summed E-state index contributed by atoms with van der Waals surface area (Å²) < 4.78 is 13.4. The van der Waals surface area contributed by atoms with Gasteiger partial charge in [-0.25, -0.2) is 4.68 Å². The monoisotopic (exact) mass is 516 g/mol. The zero-order chi connectivity index (χ0) is 26.5. The Hall–Kier alpha value is -3.56. The fourth-order valence-corrected chi connectivity index (χ4v) is 5.40. The van der Waals surface area contributed by atoms with Crippen LogP contribution < -0.4 is 10.3 Å². The van der Waals surface area contributed by atoms with Crippen molar-refractivity contribution >= 4 is 10.9 Å². The molecular weight excluding hydrogens is 480 g/mol. The zero-order valence-corrected chi connectivity index (χ0v) is 22.4. The topological polar surface area (TPSA) is 98.2 Å². The second-order valence-electron chi connectivity index (χ2n) is 10.0. The number of nitrogens with one attached hydrogen (secondary N) is 1. The minimum Gasteiger partial charge on any atom is -0.496 e. The number of hydrogen-bond donors (Lipinski definition) is 1. The number of pyridine rings is 1. The molecule has 200 valence electrons. The van der Waals surface area contributed by atoms with Crippen LogP contribution in [0, 0.1) is 6.92 Å². The fourth-order valence-electron chi connectivity index (χ4n) is 5.40. The maximum absolute atomic E-state index is 13.3. The van der Waals surface area contributed by atoms with Gasteiger partial charge in [0.25, 0.3) is 5.56 Å². The van der Waals surface area contributed by atoms with Gasteiger partial charge >= 0.3 is 0 Å². The van der Waals surface area contributed by atoms with Crippen molar-refractivity contribution < 1.29 is 9.47 Å². The molecule has 0 aliphatic carbocycles. The van der Waals surface area contributed by atoms with E-state index in [1.54, 1.807) is 7.11 Å². The molecule has 1 aliphatic heterocycles. The van der Waals surface area contributed by atoms with Gasteiger partial charge in [-0.2, -0.15) is 0 Å². The Morgan fingerprint density at radius 1 is 1.18 bits per heavy atom. The van der Waals surface area contributed by atoms with E-state index in [1.807, 2.05) is 54.1 Å². The van der Waals surface area contributed by atoms with Gasteiger partial charge in [0.15, 0.2) is 5.82 Å². The Morgan fingerprint density at radius 2 is 2.03 bits per heavy atom. The Morgan fingerprint density at radius 3 is 2.82 bits per heavy atom. The molecule has 2 aromatic heterocycles. The number of tetrazole rings is 1. The van der Waals surface area contributed by atoms with E-state index in [1.165, 1.54) is 0 Å². The predicted molar refractivity (Wildman–Crippen MR) is 146 cm³/mol. The molecule has 4 aromatic rings. The van der Waals surface area contributed by atoms with Crippen molar-refractivity contribution in [3.8, 4) is 5.75 Å². The van der Waals surface area contributed by atoms with Crippen molar-refractivity contribution in [2.24, 2.45) is 0 Å². The summed E-state index contributed by atoms with van der Waals surface area (Å²) in [7, 11) is 1.69. The van der Waals surface area contributed by atoms with Crippen LogP contribution in [-0.2, 0) is 24.4 Å². The van der Waals surface area contributed by atoms with Gasteiger partial charge in [0.2, 0.25) is 0 Å². The Kier molecular flexibility index (Phi) is 8.14. The molecule has 0 spiro atoms. The van der Waals surface area contributed by atoms with Crippen LogP contribution in [0.25, 0.3) is 10.9 Å². The molecular formula is C29H36N6O3. The number of methoxy groups -OCH3 is 1. The highest BCUT2D eigenvalue weighted by Gasteiger charge is 2.29. The Balaban J connectivity index is 1.54. The van der Waals surface area contributed by atoms with Gasteiger partial charge in [0.1, 0.15) is 5.75 Å². The lowest BCUT2D eigenvalue weighted by molar-refractivity contribution is 0.0884. The summed E-state index contributed by atoms with van der Waals surface area (Å²) in [6.07, 6.45) is 3.96. The third-order valence-electron chi connectivity index (χ3n) is 7.37. The summed E-state index contributed by atoms with van der Waals surface area (Å²) >= 11 is 0. The summed E-state index contributed by atoms with van der Waals surface area (Å²) in [4.78, 5) is 18.7. The molecule has 38 heavy (non-hydrogen) atoms. The molecule has 0 bridgehead atoms. The van der Waals surface area contributed by atoms with Gasteiger partial charge in [-0.3, -0.25) is 9.69 Å². The summed E-state index contributed by atoms with van der Waals surface area (Å²) in [5.74, 6) is 1.61. The predicted octanol–water partition coefficient (Wildman–Crippen LogP) is 4.55. The number of H-pyrrole nitrogens is 1. The lowest BCUT2D eigenvalue weighted by Crippen LogP contribution is -2.33. The van der Waals surface area contributed by atoms with Gasteiger partial charge in [-0.1, -0.05) is 49.7 Å². The summed E-state index contributed by atoms with van der Waals surface area (Å²) in [5.41, 5.74) is 3.60. The molecule has 2 atom stereocenters. The average Bonchev–Trinajstić information content (AvgIpc) is 3.61. The van der Waals surface area contributed by atoms with Crippen LogP contribution in [0.5, 0.6) is 5.75 Å². The van der Waals surface area contributed by atoms with Crippen molar-refractivity contribution in [1.82, 2.24) is 30.1 Å². The highest BCUT2D eigenvalue weighted by Crippen LogP contribution is 2.31. The molecule has 0 saturated carbocycles. The number of nitrogens with zero attached hydrogens (tertiary/aromatic N) is 5. The third-order valence-corrected chi connectivity index (χ3v) is 7.37. The van der Waals surface area contributed by atoms with Crippen molar-refractivity contribution in [1.29, 1.82) is 0 Å². The number of ether oxygens (including phenoxy) is 2. The van der Waals surface area contributed by atoms with Crippen LogP contribution >= 0.6 is 0 Å². The van der Waals surface area contributed by atoms with Crippen LogP contribution in [0.15, 0.2) is 53.3 Å². The molecule has 2 unspecified atom stereocenters. The van der Waals surface area contributed by atoms with Crippen LogP contribution in [0.1, 0.15) is 61.2 Å². The number of benzene rings is 2. The Labute approximate surface area is 222 Å². The SMILES string of the molecule is CCCC(c1nnnn1CC1CCCO1)N(Cc1ccccc1OC)Cc1cc2cccc(C)c2[nH]c1=O. The summed E-state index contributed by atoms with van der Waals surface area (Å²) in [6.45, 7) is 6.60. The average molecular weight is 517 g/mol. The second-order valence-corrected chi connectivity index (χ2v) is 10.0. The van der Waals surface area contributed by atoms with Crippen molar-refractivity contribution in [3.63, 3.8) is 0 Å². The van der Waals surface area contributed by atoms with Crippen LogP contribution in [0.2, 0.25) is 0 Å². The maximum Gasteiger partial charge on any atom is 0.252 e. The highest BCUT2D eigenvalue weighted by molar-refractivity contribution is 5.81. The maximum atomic E-state index is 13.3. The largest absolute Gasteiger partial charge is 0.496 e. The zero-order valence-electron chi connectivity index (χ0n) is 22.4. The first-order chi connectivity index (χ1) is 18.6. The minimum atomic E-state index is -0.103. The molecule has 1 aliphatic rings. The molecule has 5 rings (SSSR count). The smallest absolute Gasteiger partial charge is 0.252 e. The first kappa shape index (κ1) is 26.1. The van der Waals surface area contributed by atoms with E-state index in [0.717, 1.165) is 65.9 Å². The first-order valence-corrected chi connectivity index (χ1v) is 13.4. The molecule has 2 aromatic carbocycles. The van der Waals surface area contributed by atoms with E-state index in [0.29, 0.717) is 25.2 Å². The second kappa shape index (κ2) is 11.9. The Bertz CT molecular complexity index is 1430. The van der Waals surface area contributed by atoms with Crippen LogP contribution in [0.4, 0.5) is 0 Å². The number of rotatable bonds is 11. The molecule has 0 amide bonds. The molecule has 1 N–H and O–H groups in total. The van der Waals surface area contributed by atoms with Crippen molar-refractivity contribution in [2.45, 2.75) is 71.3 Å². The van der Waals surface area contributed by atoms with E-state index in [4.69, 9.17) is 9.47 Å². The quantitative estimate of drug-likeness (QED) is 0.312. The van der Waals surface area contributed by atoms with E-state index >= 15 is 0 Å². The number of fused-ring (bicyclic) bond motifs is 1. The standard InChI is InChI=1S/C29H36N6O3/c1-4-9-25(28-31-32-33-35(28)19-24-13-8-15-38-24)34(17-22-11-5-6-14-26(22)37-3)18-23-16-21-12-7-10-20(2)27(21)30-29(23)36/h5-7,10-12,14,16,24-25H,4,8-9,13,15,17-19H2,1-3H3,(H,30,36). The lowest BCUT2D eigenvalue weighted by Gasteiger charge is -2.31. The summed E-state index contributed by atoms with van der Waals surface area (Å²) in [6, 6.07) is 16.0. The number of hydrogen-bond acceptors (Lipinski definition) is 7. The number of aromatic nitrogens is 5. The van der Waals surface area contributed by atoms with E-state index < -0.39 is 0 Å². The van der Waals surface area contributed by atoms with Crippen molar-refractivity contribution in [3.05, 3.63) is 81.4 Å². The molecule has 3 heterocycles. The van der Waals surface area contributed by atoms with Crippen LogP contribution in [0.3, 0.4) is 0 Å². The van der Waals surface area contributed by atoms with Gasteiger partial charge in [-0.15, -0.1) is 5.10 Å². The van der Waals surface area contributed by atoms with Crippen molar-refractivity contribution in [2.75, 3.05) is 13.7 Å². The molecule has 1 saturated heterocycles. The normalized spacial score (nSPS) is 16.4. The van der Waals surface area contributed by atoms with Gasteiger partial charge in [0.05, 0.1) is 31.3 Å². The highest BCUT2D eigenvalue weighted by atomic mass is 16.5. The number of aromatic amines is 1. The van der Waals surface area contributed by atoms with E-state index in [9.17, 15) is 4.79 Å². The lowest BCUT2D eigenvalue weighted by atomic mass is 10.0. The van der Waals surface area contributed by atoms with E-state index in [-0.39, 0.29) is 17.7 Å². The fraction of sp³-hybridized carbons (Fsp3) is 0.448. The van der Waals surface area contributed by atoms with Crippen LogP contribution in [-0.4, -0.2) is 49.9 Å². The molecule has 9 nitrogen and oxygen atoms in total. The molecule has 1 fully saturated rings. The molecule has 0 radical (unpaired) electrons. The summed E-state index contributed by atoms with van der Waals surface area (Å²) in [5, 5.41) is 13.9. The van der Waals surface area contributed by atoms with Gasteiger partial charge in [-0.05, 0) is 59.7 Å². The van der Waals surface area contributed by atoms with Gasteiger partial charge in [0, 0.05) is 30.8 Å². The first-order valence-electron chi connectivity index (χ1n) is 13.4.